The summed E-state index contributed by atoms with van der Waals surface area (Å²) in [6.07, 6.45) is 5.51. The van der Waals surface area contributed by atoms with Crippen LogP contribution in [0.1, 0.15) is 75.7 Å². The molecule has 11 heteroatoms. The molecule has 3 aromatic rings. The van der Waals surface area contributed by atoms with Crippen LogP contribution in [0.5, 0.6) is 0 Å². The van der Waals surface area contributed by atoms with Gasteiger partial charge in [-0.2, -0.15) is 15.3 Å². The van der Waals surface area contributed by atoms with Gasteiger partial charge in [0.15, 0.2) is 0 Å². The Kier molecular flexibility index (Phi) is 17.7. The molecule has 0 aromatic carbocycles. The van der Waals surface area contributed by atoms with Crippen LogP contribution in [0.25, 0.3) is 0 Å². The van der Waals surface area contributed by atoms with Gasteiger partial charge in [0.05, 0.1) is 17.1 Å². The zero-order chi connectivity index (χ0) is 20.3. The minimum absolute atomic E-state index is 0. The predicted molar refractivity (Wildman–Crippen MR) is 163 cm³/mol. The molecule has 3 heterocycles. The maximum Gasteiger partial charge on any atom is 0.255 e. The predicted octanol–water partition coefficient (Wildman–Crippen LogP) is 3.60. The van der Waals surface area contributed by atoms with Gasteiger partial charge in [0.2, 0.25) is 0 Å². The average molecular weight is 812 g/mol. The van der Waals surface area contributed by atoms with E-state index < -0.39 is 0 Å². The van der Waals surface area contributed by atoms with Crippen molar-refractivity contribution in [2.24, 2.45) is 0 Å². The molecular weight excluding hydrogens is 776 g/mol. The Labute approximate surface area is 258 Å². The zero-order valence-electron chi connectivity index (χ0n) is 19.9. The summed E-state index contributed by atoms with van der Waals surface area (Å²) in [6, 6.07) is 0. The molecule has 0 saturated carbocycles. The van der Waals surface area contributed by atoms with E-state index in [1.54, 1.807) is 0 Å². The van der Waals surface area contributed by atoms with Crippen molar-refractivity contribution in [3.05, 3.63) is 34.2 Å². The van der Waals surface area contributed by atoms with Gasteiger partial charge in [-0.1, -0.05) is 41.5 Å². The van der Waals surface area contributed by atoms with E-state index in [9.17, 15) is 0 Å². The maximum atomic E-state index is 4.68. The van der Waals surface area contributed by atoms with E-state index >= 15 is 0 Å². The molecule has 0 saturated heterocycles. The van der Waals surface area contributed by atoms with Gasteiger partial charge in [-0.15, -0.1) is 71.9 Å². The second-order valence-corrected chi connectivity index (χ2v) is 7.24. The SMILES string of the molecule is CCc1n[nH]c(CC)c1B(c1c(CC)n[nH]c1CC)c1c(CC)n[nH]c1CC.I.I.I.[Ti]. The van der Waals surface area contributed by atoms with Gasteiger partial charge < -0.3 is 0 Å². The first-order chi connectivity index (χ1) is 13.6. The summed E-state index contributed by atoms with van der Waals surface area (Å²) in [5.74, 6) is 0. The first-order valence-electron chi connectivity index (χ1n) is 10.8. The smallest absolute Gasteiger partial charge is 0.255 e. The van der Waals surface area contributed by atoms with Gasteiger partial charge in [-0.05, 0) is 54.9 Å². The minimum atomic E-state index is 0. The monoisotopic (exact) mass is 812 g/mol. The number of hydrogen-bond acceptors (Lipinski definition) is 3. The third kappa shape index (κ3) is 6.63. The van der Waals surface area contributed by atoms with Crippen LogP contribution >= 0.6 is 71.9 Å². The molecule has 0 radical (unpaired) electrons. The Morgan fingerprint density at radius 3 is 0.938 bits per heavy atom. The van der Waals surface area contributed by atoms with Gasteiger partial charge >= 0.3 is 0 Å². The van der Waals surface area contributed by atoms with Crippen molar-refractivity contribution in [3.63, 3.8) is 0 Å². The van der Waals surface area contributed by atoms with Crippen LogP contribution in [-0.4, -0.2) is 37.3 Å². The molecule has 32 heavy (non-hydrogen) atoms. The second kappa shape index (κ2) is 16.3. The van der Waals surface area contributed by atoms with E-state index in [4.69, 9.17) is 0 Å². The number of aromatic nitrogens is 6. The van der Waals surface area contributed by atoms with Crippen LogP contribution in [0, 0.1) is 0 Å². The summed E-state index contributed by atoms with van der Waals surface area (Å²) in [5.41, 5.74) is 11.1. The van der Waals surface area contributed by atoms with Gasteiger partial charge in [0, 0.05) is 38.8 Å². The summed E-state index contributed by atoms with van der Waals surface area (Å²) in [4.78, 5) is 0. The molecule has 0 amide bonds. The summed E-state index contributed by atoms with van der Waals surface area (Å²) in [6.45, 7) is 13.2. The van der Waals surface area contributed by atoms with Crippen molar-refractivity contribution in [2.45, 2.75) is 80.1 Å². The van der Waals surface area contributed by atoms with Crippen LogP contribution < -0.4 is 16.4 Å². The van der Waals surface area contributed by atoms with Crippen LogP contribution in [0.15, 0.2) is 0 Å². The Bertz CT molecular complexity index is 756. The van der Waals surface area contributed by atoms with Crippen LogP contribution in [-0.2, 0) is 60.2 Å². The van der Waals surface area contributed by atoms with Gasteiger partial charge in [-0.25, -0.2) is 0 Å². The number of rotatable bonds is 9. The standard InChI is InChI=1S/C21H33BN6.3HI.Ti/c1-7-13-19(14(8-2)24-23-13)22(20-15(9-3)25-26-16(20)10-4)21-17(11-5)27-28-18(21)12-6;;;;/h7-12H2,1-6H3,(H,23,24)(H,25,26)(H,27,28);3*1H;. The summed E-state index contributed by atoms with van der Waals surface area (Å²) < 4.78 is 0. The van der Waals surface area contributed by atoms with E-state index in [0.29, 0.717) is 0 Å². The zero-order valence-corrected chi connectivity index (χ0v) is 28.4. The molecule has 0 atom stereocenters. The topological polar surface area (TPSA) is 86.0 Å². The molecule has 0 spiro atoms. The Balaban J connectivity index is 0. The second-order valence-electron chi connectivity index (χ2n) is 7.24. The fraction of sp³-hybridized carbons (Fsp3) is 0.571. The van der Waals surface area contributed by atoms with Crippen LogP contribution in [0.3, 0.4) is 0 Å². The van der Waals surface area contributed by atoms with Gasteiger partial charge in [0.1, 0.15) is 0 Å². The van der Waals surface area contributed by atoms with Gasteiger partial charge in [0.25, 0.3) is 6.71 Å². The molecule has 6 nitrogen and oxygen atoms in total. The fourth-order valence-electron chi connectivity index (χ4n) is 4.36. The van der Waals surface area contributed by atoms with Crippen molar-refractivity contribution < 1.29 is 21.7 Å². The molecule has 178 valence electrons. The van der Waals surface area contributed by atoms with Crippen molar-refractivity contribution >= 4 is 95.0 Å². The summed E-state index contributed by atoms with van der Waals surface area (Å²) in [7, 11) is 0. The van der Waals surface area contributed by atoms with Crippen LogP contribution in [0.2, 0.25) is 0 Å². The Morgan fingerprint density at radius 1 is 0.500 bits per heavy atom. The number of aromatic amines is 3. The molecule has 0 aliphatic carbocycles. The van der Waals surface area contributed by atoms with E-state index in [1.807, 2.05) is 0 Å². The van der Waals surface area contributed by atoms with Crippen LogP contribution in [0.4, 0.5) is 0 Å². The molecule has 0 aliphatic rings. The summed E-state index contributed by atoms with van der Waals surface area (Å²) in [5, 5.41) is 24.0. The number of hydrogen-bond donors (Lipinski definition) is 3. The van der Waals surface area contributed by atoms with E-state index in [1.165, 1.54) is 33.5 Å². The molecule has 0 aliphatic heterocycles. The van der Waals surface area contributed by atoms with Crippen molar-refractivity contribution in [1.82, 2.24) is 30.6 Å². The Morgan fingerprint density at radius 2 is 0.750 bits per heavy atom. The molecule has 3 N–H and O–H groups in total. The number of nitrogens with zero attached hydrogens (tertiary/aromatic N) is 3. The van der Waals surface area contributed by atoms with Crippen molar-refractivity contribution in [2.75, 3.05) is 0 Å². The van der Waals surface area contributed by atoms with Crippen molar-refractivity contribution in [3.8, 4) is 0 Å². The number of halogens is 3. The first kappa shape index (κ1) is 34.8. The Hall–Kier alpha value is 0.599. The molecule has 0 unspecified atom stereocenters. The maximum absolute atomic E-state index is 4.68. The van der Waals surface area contributed by atoms with E-state index in [-0.39, 0.29) is 100 Å². The molecule has 0 bridgehead atoms. The molecule has 3 rings (SSSR count). The number of nitrogens with one attached hydrogen (secondary N) is 3. The van der Waals surface area contributed by atoms with E-state index in [0.717, 1.165) is 55.6 Å². The number of aryl methyl sites for hydroxylation is 6. The number of H-pyrrole nitrogens is 3. The fourth-order valence-corrected chi connectivity index (χ4v) is 4.36. The minimum Gasteiger partial charge on any atom is -0.283 e. The van der Waals surface area contributed by atoms with E-state index in [2.05, 4.69) is 72.1 Å². The third-order valence-corrected chi connectivity index (χ3v) is 5.82. The van der Waals surface area contributed by atoms with Gasteiger partial charge in [-0.3, -0.25) is 15.3 Å². The molecular formula is C21H36BI3N6Ti. The first-order valence-corrected chi connectivity index (χ1v) is 10.8. The molecule has 3 aromatic heterocycles. The average Bonchev–Trinajstić information content (AvgIpc) is 3.44. The quantitative estimate of drug-likeness (QED) is 0.229. The van der Waals surface area contributed by atoms with Crippen molar-refractivity contribution in [1.29, 1.82) is 0 Å². The molecule has 0 fully saturated rings. The largest absolute Gasteiger partial charge is 0.283 e. The summed E-state index contributed by atoms with van der Waals surface area (Å²) >= 11 is 0. The third-order valence-electron chi connectivity index (χ3n) is 5.82. The normalized spacial score (nSPS) is 9.94.